The largest absolute Gasteiger partial charge is 0.371 e. The predicted octanol–water partition coefficient (Wildman–Crippen LogP) is 4.32. The fraction of sp³-hybridized carbons (Fsp3) is 0.591. The smallest absolute Gasteiger partial charge is 0.110 e. The zero-order valence-electron chi connectivity index (χ0n) is 16.4. The summed E-state index contributed by atoms with van der Waals surface area (Å²) in [6.45, 7) is 9.04. The van der Waals surface area contributed by atoms with Crippen LogP contribution < -0.4 is 10.2 Å². The van der Waals surface area contributed by atoms with E-state index in [2.05, 4.69) is 57.9 Å². The first kappa shape index (κ1) is 17.6. The molecule has 1 aliphatic heterocycles. The van der Waals surface area contributed by atoms with Gasteiger partial charge in [-0.2, -0.15) is 0 Å². The van der Waals surface area contributed by atoms with E-state index in [4.69, 9.17) is 0 Å². The van der Waals surface area contributed by atoms with Crippen molar-refractivity contribution >= 4 is 5.69 Å². The summed E-state index contributed by atoms with van der Waals surface area (Å²) in [5.41, 5.74) is 3.00. The van der Waals surface area contributed by atoms with Gasteiger partial charge in [-0.25, -0.2) is 4.98 Å². The van der Waals surface area contributed by atoms with Gasteiger partial charge in [0.15, 0.2) is 0 Å². The molecule has 1 aromatic heterocycles. The molecule has 0 radical (unpaired) electrons. The molecule has 1 aromatic carbocycles. The number of imidazole rings is 1. The minimum absolute atomic E-state index is 0.477. The number of nitrogens with zero attached hydrogens (tertiary/aromatic N) is 3. The van der Waals surface area contributed by atoms with Crippen LogP contribution in [-0.2, 0) is 0 Å². The Hall–Kier alpha value is -1.81. The number of aromatic nitrogens is 2. The third-order valence-corrected chi connectivity index (χ3v) is 5.98. The van der Waals surface area contributed by atoms with Crippen LogP contribution in [0.3, 0.4) is 0 Å². The Balaban J connectivity index is 1.33. The fourth-order valence-electron chi connectivity index (χ4n) is 4.53. The summed E-state index contributed by atoms with van der Waals surface area (Å²) in [5.74, 6) is 1.82. The van der Waals surface area contributed by atoms with Crippen molar-refractivity contribution in [3.05, 3.63) is 42.5 Å². The zero-order chi connectivity index (χ0) is 18.1. The lowest BCUT2D eigenvalue weighted by molar-refractivity contribution is 0.318. The van der Waals surface area contributed by atoms with E-state index in [1.54, 1.807) is 0 Å². The first-order valence-electron chi connectivity index (χ1n) is 10.2. The van der Waals surface area contributed by atoms with Gasteiger partial charge in [0.25, 0.3) is 0 Å². The topological polar surface area (TPSA) is 33.1 Å². The second-order valence-corrected chi connectivity index (χ2v) is 8.64. The molecule has 0 atom stereocenters. The average Bonchev–Trinajstić information content (AvgIpc) is 3.23. The van der Waals surface area contributed by atoms with Gasteiger partial charge in [0.2, 0.25) is 0 Å². The summed E-state index contributed by atoms with van der Waals surface area (Å²) < 4.78 is 2.13. The molecular weight excluding hydrogens is 320 g/mol. The molecule has 0 amide bonds. The molecule has 2 aromatic rings. The molecule has 2 heterocycles. The van der Waals surface area contributed by atoms with Gasteiger partial charge in [-0.15, -0.1) is 0 Å². The molecule has 1 saturated heterocycles. The van der Waals surface area contributed by atoms with Crippen molar-refractivity contribution in [3.63, 3.8) is 0 Å². The van der Waals surface area contributed by atoms with Crippen molar-refractivity contribution in [1.29, 1.82) is 0 Å². The zero-order valence-corrected chi connectivity index (χ0v) is 16.4. The molecule has 4 rings (SSSR count). The number of rotatable bonds is 6. The molecular formula is C22H32N4. The summed E-state index contributed by atoms with van der Waals surface area (Å²) in [4.78, 5) is 6.84. The molecule has 2 aliphatic rings. The fourth-order valence-corrected chi connectivity index (χ4v) is 4.53. The Morgan fingerprint density at radius 3 is 2.31 bits per heavy atom. The van der Waals surface area contributed by atoms with Gasteiger partial charge in [-0.05, 0) is 69.2 Å². The SMILES string of the molecule is Cc1nccn1-c1ccc(N2CCC(NC3(CC(C)C)CC3)CC2)cc1. The van der Waals surface area contributed by atoms with Crippen molar-refractivity contribution in [3.8, 4) is 5.69 Å². The Labute approximate surface area is 157 Å². The van der Waals surface area contributed by atoms with Crippen LogP contribution in [-0.4, -0.2) is 34.2 Å². The average molecular weight is 353 g/mol. The van der Waals surface area contributed by atoms with Gasteiger partial charge >= 0.3 is 0 Å². The molecule has 26 heavy (non-hydrogen) atoms. The third kappa shape index (κ3) is 3.80. The highest BCUT2D eigenvalue weighted by Gasteiger charge is 2.44. The molecule has 1 saturated carbocycles. The predicted molar refractivity (Wildman–Crippen MR) is 108 cm³/mol. The van der Waals surface area contributed by atoms with Gasteiger partial charge in [-0.1, -0.05) is 13.8 Å². The van der Waals surface area contributed by atoms with E-state index in [1.165, 1.54) is 43.5 Å². The van der Waals surface area contributed by atoms with E-state index in [0.29, 0.717) is 11.6 Å². The maximum absolute atomic E-state index is 4.31. The van der Waals surface area contributed by atoms with Gasteiger partial charge < -0.3 is 14.8 Å². The van der Waals surface area contributed by atoms with Crippen LogP contribution >= 0.6 is 0 Å². The molecule has 1 aliphatic carbocycles. The number of piperidine rings is 1. The van der Waals surface area contributed by atoms with Crippen molar-refractivity contribution in [2.75, 3.05) is 18.0 Å². The highest BCUT2D eigenvalue weighted by Crippen LogP contribution is 2.42. The lowest BCUT2D eigenvalue weighted by atomic mass is 9.97. The highest BCUT2D eigenvalue weighted by atomic mass is 15.2. The van der Waals surface area contributed by atoms with E-state index in [9.17, 15) is 0 Å². The van der Waals surface area contributed by atoms with E-state index in [-0.39, 0.29) is 0 Å². The van der Waals surface area contributed by atoms with E-state index >= 15 is 0 Å². The first-order valence-corrected chi connectivity index (χ1v) is 10.2. The van der Waals surface area contributed by atoms with Crippen molar-refractivity contribution < 1.29 is 0 Å². The van der Waals surface area contributed by atoms with Crippen LogP contribution in [0.15, 0.2) is 36.7 Å². The van der Waals surface area contributed by atoms with Crippen molar-refractivity contribution in [2.24, 2.45) is 5.92 Å². The van der Waals surface area contributed by atoms with Gasteiger partial charge in [0.05, 0.1) is 0 Å². The maximum atomic E-state index is 4.31. The second-order valence-electron chi connectivity index (χ2n) is 8.64. The van der Waals surface area contributed by atoms with E-state index in [0.717, 1.165) is 24.8 Å². The quantitative estimate of drug-likeness (QED) is 0.840. The van der Waals surface area contributed by atoms with Crippen molar-refractivity contribution in [1.82, 2.24) is 14.9 Å². The lowest BCUT2D eigenvalue weighted by Crippen LogP contribution is -2.47. The molecule has 0 unspecified atom stereocenters. The number of anilines is 1. The Bertz CT molecular complexity index is 719. The monoisotopic (exact) mass is 352 g/mol. The molecule has 0 bridgehead atoms. The molecule has 1 N–H and O–H groups in total. The lowest BCUT2D eigenvalue weighted by Gasteiger charge is -2.36. The number of hydrogen-bond acceptors (Lipinski definition) is 3. The van der Waals surface area contributed by atoms with Crippen LogP contribution in [0, 0.1) is 12.8 Å². The van der Waals surface area contributed by atoms with Crippen LogP contribution in [0.25, 0.3) is 5.69 Å². The first-order chi connectivity index (χ1) is 12.5. The minimum Gasteiger partial charge on any atom is -0.371 e. The van der Waals surface area contributed by atoms with Crippen LogP contribution in [0.2, 0.25) is 0 Å². The Morgan fingerprint density at radius 2 is 1.77 bits per heavy atom. The summed E-state index contributed by atoms with van der Waals surface area (Å²) in [6.07, 6.45) is 10.5. The molecule has 0 spiro atoms. The van der Waals surface area contributed by atoms with Crippen LogP contribution in [0.5, 0.6) is 0 Å². The van der Waals surface area contributed by atoms with E-state index in [1.807, 2.05) is 19.3 Å². The molecule has 140 valence electrons. The summed E-state index contributed by atoms with van der Waals surface area (Å²) in [5, 5.41) is 4.01. The second kappa shape index (κ2) is 7.07. The van der Waals surface area contributed by atoms with Gasteiger partial charge in [-0.3, -0.25) is 0 Å². The van der Waals surface area contributed by atoms with Crippen molar-refractivity contribution in [2.45, 2.75) is 64.5 Å². The maximum Gasteiger partial charge on any atom is 0.110 e. The molecule has 4 heteroatoms. The standard InChI is InChI=1S/C22H32N4/c1-17(2)16-22(10-11-22)24-19-8-13-25(14-9-19)20-4-6-21(7-5-20)26-15-12-23-18(26)3/h4-7,12,15,17,19,24H,8-11,13-14,16H2,1-3H3. The third-order valence-electron chi connectivity index (χ3n) is 5.98. The minimum atomic E-state index is 0.477. The van der Waals surface area contributed by atoms with E-state index < -0.39 is 0 Å². The number of hydrogen-bond donors (Lipinski definition) is 1. The molecule has 2 fully saturated rings. The number of nitrogens with one attached hydrogen (secondary N) is 1. The van der Waals surface area contributed by atoms with Gasteiger partial charge in [0, 0.05) is 48.4 Å². The number of aryl methyl sites for hydroxylation is 1. The highest BCUT2D eigenvalue weighted by molar-refractivity contribution is 5.51. The molecule has 4 nitrogen and oxygen atoms in total. The Morgan fingerprint density at radius 1 is 1.12 bits per heavy atom. The number of benzene rings is 1. The normalized spacial score (nSPS) is 19.9. The van der Waals surface area contributed by atoms with Crippen LogP contribution in [0.1, 0.15) is 51.8 Å². The Kier molecular flexibility index (Phi) is 4.78. The summed E-state index contributed by atoms with van der Waals surface area (Å²) >= 11 is 0. The summed E-state index contributed by atoms with van der Waals surface area (Å²) in [6, 6.07) is 9.61. The van der Waals surface area contributed by atoms with Gasteiger partial charge in [0.1, 0.15) is 5.82 Å². The summed E-state index contributed by atoms with van der Waals surface area (Å²) in [7, 11) is 0. The van der Waals surface area contributed by atoms with Crippen LogP contribution in [0.4, 0.5) is 5.69 Å².